The zero-order valence-electron chi connectivity index (χ0n) is 14.2. The first-order valence-electron chi connectivity index (χ1n) is 8.35. The highest BCUT2D eigenvalue weighted by Gasteiger charge is 2.60. The van der Waals surface area contributed by atoms with E-state index in [0.717, 1.165) is 0 Å². The summed E-state index contributed by atoms with van der Waals surface area (Å²) in [5, 5.41) is 30.9. The molecule has 0 bridgehead atoms. The van der Waals surface area contributed by atoms with Crippen LogP contribution in [0.2, 0.25) is 0 Å². The highest BCUT2D eigenvalue weighted by Crippen LogP contribution is 2.41. The third kappa shape index (κ3) is 2.81. The summed E-state index contributed by atoms with van der Waals surface area (Å²) in [6.07, 6.45) is -1.01. The van der Waals surface area contributed by atoms with E-state index in [2.05, 4.69) is 16.0 Å². The highest BCUT2D eigenvalue weighted by atomic mass is 16.8. The fraction of sp³-hybridized carbons (Fsp3) is 1.00. The normalized spacial score (nSPS) is 53.5. The zero-order valence-corrected chi connectivity index (χ0v) is 14.2. The van der Waals surface area contributed by atoms with Crippen molar-refractivity contribution in [2.45, 2.75) is 74.4 Å². The lowest BCUT2D eigenvalue weighted by atomic mass is 9.81. The van der Waals surface area contributed by atoms with Gasteiger partial charge in [-0.2, -0.15) is 0 Å². The predicted octanol–water partition coefficient (Wildman–Crippen LogP) is -1.88. The van der Waals surface area contributed by atoms with Gasteiger partial charge in [-0.15, -0.1) is 0 Å². The molecule has 1 aliphatic carbocycles. The second-order valence-corrected chi connectivity index (χ2v) is 6.80. The van der Waals surface area contributed by atoms with Crippen molar-refractivity contribution in [2.75, 3.05) is 21.1 Å². The molecule has 2 aliphatic heterocycles. The Morgan fingerprint density at radius 3 is 2.39 bits per heavy atom. The number of nitrogens with one attached hydrogen (secondary N) is 3. The molecule has 3 rings (SSSR count). The molecular formula is C15H29N3O5. The molecular weight excluding hydrogens is 302 g/mol. The van der Waals surface area contributed by atoms with Crippen LogP contribution in [0.1, 0.15) is 19.8 Å². The molecule has 8 nitrogen and oxygen atoms in total. The quantitative estimate of drug-likeness (QED) is 0.409. The summed E-state index contributed by atoms with van der Waals surface area (Å²) < 4.78 is 18.0. The van der Waals surface area contributed by atoms with E-state index in [0.29, 0.717) is 12.8 Å². The summed E-state index contributed by atoms with van der Waals surface area (Å²) >= 11 is 0. The molecule has 0 amide bonds. The summed E-state index contributed by atoms with van der Waals surface area (Å²) in [7, 11) is 5.38. The van der Waals surface area contributed by atoms with Crippen molar-refractivity contribution in [3.63, 3.8) is 0 Å². The molecule has 8 unspecified atom stereocenters. The number of ether oxygens (including phenoxy) is 3. The van der Waals surface area contributed by atoms with E-state index in [1.807, 2.05) is 14.0 Å². The monoisotopic (exact) mass is 331 g/mol. The average Bonchev–Trinajstić information content (AvgIpc) is 2.53. The van der Waals surface area contributed by atoms with Gasteiger partial charge in [-0.3, -0.25) is 0 Å². The molecule has 8 heteroatoms. The highest BCUT2D eigenvalue weighted by molar-refractivity contribution is 5.06. The van der Waals surface area contributed by atoms with Gasteiger partial charge in [0.05, 0.1) is 30.4 Å². The van der Waals surface area contributed by atoms with Gasteiger partial charge in [0.2, 0.25) is 12.1 Å². The number of fused-ring (bicyclic) bond motifs is 2. The average molecular weight is 331 g/mol. The molecule has 9 atom stereocenters. The summed E-state index contributed by atoms with van der Waals surface area (Å²) in [5.74, 6) is -1.57. The first-order chi connectivity index (χ1) is 10.9. The molecule has 0 aromatic carbocycles. The van der Waals surface area contributed by atoms with Crippen LogP contribution in [0.4, 0.5) is 0 Å². The molecule has 1 saturated carbocycles. The van der Waals surface area contributed by atoms with E-state index < -0.39 is 24.3 Å². The SMILES string of the molecule is CNC1CC2OC3O[C@H](C)CC(NC)C3(O)OC2C(NC)C1O. The fourth-order valence-electron chi connectivity index (χ4n) is 4.10. The van der Waals surface area contributed by atoms with E-state index in [-0.39, 0.29) is 30.3 Å². The van der Waals surface area contributed by atoms with Crippen molar-refractivity contribution >= 4 is 0 Å². The molecule has 134 valence electrons. The maximum atomic E-state index is 11.1. The molecule has 0 radical (unpaired) electrons. The molecule has 0 aromatic heterocycles. The third-order valence-electron chi connectivity index (χ3n) is 5.42. The minimum atomic E-state index is -1.57. The van der Waals surface area contributed by atoms with Crippen LogP contribution in [0.3, 0.4) is 0 Å². The standard InChI is InChI=1S/C15H29N3O5/c1-7-5-10(17-3)15(20)14(21-7)22-9-6-8(16-2)12(19)11(18-4)13(9)23-15/h7-14,16-20H,5-6H2,1-4H3/t7-,8?,9?,10?,11?,12?,13?,14?,15?/m1/s1. The lowest BCUT2D eigenvalue weighted by Gasteiger charge is -2.56. The zero-order chi connectivity index (χ0) is 16.8. The Kier molecular flexibility index (Phi) is 4.97. The van der Waals surface area contributed by atoms with Crippen molar-refractivity contribution in [2.24, 2.45) is 0 Å². The van der Waals surface area contributed by atoms with Gasteiger partial charge in [0.25, 0.3) is 0 Å². The van der Waals surface area contributed by atoms with Gasteiger partial charge >= 0.3 is 0 Å². The van der Waals surface area contributed by atoms with Crippen molar-refractivity contribution < 1.29 is 24.4 Å². The number of aliphatic hydroxyl groups excluding tert-OH is 1. The van der Waals surface area contributed by atoms with Crippen LogP contribution in [-0.4, -0.2) is 86.0 Å². The molecule has 23 heavy (non-hydrogen) atoms. The Morgan fingerprint density at radius 2 is 1.78 bits per heavy atom. The second-order valence-electron chi connectivity index (χ2n) is 6.80. The smallest absolute Gasteiger partial charge is 0.234 e. The van der Waals surface area contributed by atoms with Crippen LogP contribution in [0.15, 0.2) is 0 Å². The minimum Gasteiger partial charge on any atom is -0.390 e. The molecule has 3 aliphatic rings. The number of likely N-dealkylation sites (N-methyl/N-ethyl adjacent to an activating group) is 3. The Hall–Kier alpha value is -0.320. The lowest BCUT2D eigenvalue weighted by molar-refractivity contribution is -0.442. The van der Waals surface area contributed by atoms with Gasteiger partial charge in [-0.05, 0) is 40.9 Å². The Bertz CT molecular complexity index is 428. The number of rotatable bonds is 3. The topological polar surface area (TPSA) is 104 Å². The van der Waals surface area contributed by atoms with Gasteiger partial charge in [0.15, 0.2) is 0 Å². The summed E-state index contributed by atoms with van der Waals surface area (Å²) in [4.78, 5) is 0. The van der Waals surface area contributed by atoms with Gasteiger partial charge in [0, 0.05) is 6.04 Å². The molecule has 3 fully saturated rings. The fourth-order valence-corrected chi connectivity index (χ4v) is 4.10. The Morgan fingerprint density at radius 1 is 1.04 bits per heavy atom. The second kappa shape index (κ2) is 6.53. The summed E-state index contributed by atoms with van der Waals surface area (Å²) in [6.45, 7) is 1.96. The number of aliphatic hydroxyl groups is 2. The van der Waals surface area contributed by atoms with Gasteiger partial charge < -0.3 is 40.4 Å². The van der Waals surface area contributed by atoms with Crippen LogP contribution in [0.5, 0.6) is 0 Å². The third-order valence-corrected chi connectivity index (χ3v) is 5.42. The lowest BCUT2D eigenvalue weighted by Crippen LogP contribution is -2.75. The minimum absolute atomic E-state index is 0.0350. The number of hydrogen-bond acceptors (Lipinski definition) is 8. The van der Waals surface area contributed by atoms with Crippen LogP contribution in [0, 0.1) is 0 Å². The maximum absolute atomic E-state index is 11.1. The van der Waals surface area contributed by atoms with Crippen LogP contribution in [0.25, 0.3) is 0 Å². The van der Waals surface area contributed by atoms with Crippen LogP contribution in [-0.2, 0) is 14.2 Å². The van der Waals surface area contributed by atoms with Gasteiger partial charge in [-0.1, -0.05) is 0 Å². The van der Waals surface area contributed by atoms with E-state index in [9.17, 15) is 10.2 Å². The summed E-state index contributed by atoms with van der Waals surface area (Å²) in [5.41, 5.74) is 0. The van der Waals surface area contributed by atoms with Crippen molar-refractivity contribution in [1.82, 2.24) is 16.0 Å². The Labute approximate surface area is 136 Å². The van der Waals surface area contributed by atoms with Crippen LogP contribution < -0.4 is 16.0 Å². The van der Waals surface area contributed by atoms with Crippen LogP contribution >= 0.6 is 0 Å². The molecule has 2 heterocycles. The van der Waals surface area contributed by atoms with E-state index in [4.69, 9.17) is 14.2 Å². The largest absolute Gasteiger partial charge is 0.390 e. The molecule has 0 spiro atoms. The van der Waals surface area contributed by atoms with E-state index >= 15 is 0 Å². The summed E-state index contributed by atoms with van der Waals surface area (Å²) in [6, 6.07) is -0.744. The first kappa shape index (κ1) is 17.5. The Balaban J connectivity index is 1.87. The molecule has 5 N–H and O–H groups in total. The van der Waals surface area contributed by atoms with Crippen molar-refractivity contribution in [3.8, 4) is 0 Å². The predicted molar refractivity (Wildman–Crippen MR) is 82.8 cm³/mol. The van der Waals surface area contributed by atoms with E-state index in [1.54, 1.807) is 14.1 Å². The van der Waals surface area contributed by atoms with Crippen molar-refractivity contribution in [3.05, 3.63) is 0 Å². The maximum Gasteiger partial charge on any atom is 0.234 e. The molecule has 2 saturated heterocycles. The number of hydrogen-bond donors (Lipinski definition) is 5. The van der Waals surface area contributed by atoms with Gasteiger partial charge in [-0.25, -0.2) is 0 Å². The van der Waals surface area contributed by atoms with Gasteiger partial charge in [0.1, 0.15) is 6.10 Å². The molecule has 0 aromatic rings. The van der Waals surface area contributed by atoms with E-state index in [1.165, 1.54) is 0 Å². The first-order valence-corrected chi connectivity index (χ1v) is 8.35. The van der Waals surface area contributed by atoms with Crippen molar-refractivity contribution in [1.29, 1.82) is 0 Å².